The molecule has 1 aromatic carbocycles. The Kier molecular flexibility index (Phi) is 3.47. The summed E-state index contributed by atoms with van der Waals surface area (Å²) in [5, 5.41) is 0.521. The lowest BCUT2D eigenvalue weighted by atomic mass is 10.2. The molecule has 3 nitrogen and oxygen atoms in total. The first-order chi connectivity index (χ1) is 9.68. The fraction of sp³-hybridized carbons (Fsp3) is 0.438. The zero-order valence-electron chi connectivity index (χ0n) is 11.7. The second-order valence-electron chi connectivity index (χ2n) is 5.47. The van der Waals surface area contributed by atoms with Crippen molar-refractivity contribution in [3.63, 3.8) is 0 Å². The Hall–Kier alpha value is -1.84. The van der Waals surface area contributed by atoms with Crippen LogP contribution < -0.4 is 0 Å². The van der Waals surface area contributed by atoms with E-state index in [0.717, 1.165) is 31.4 Å². The van der Waals surface area contributed by atoms with Gasteiger partial charge >= 0.3 is 0 Å². The summed E-state index contributed by atoms with van der Waals surface area (Å²) in [5.74, 6) is -0.252. The molecule has 1 saturated heterocycles. The second kappa shape index (κ2) is 5.27. The van der Waals surface area contributed by atoms with Gasteiger partial charge in [-0.1, -0.05) is 18.9 Å². The van der Waals surface area contributed by atoms with Crippen molar-refractivity contribution in [3.05, 3.63) is 35.8 Å². The lowest BCUT2D eigenvalue weighted by molar-refractivity contribution is 0.0752. The third-order valence-electron chi connectivity index (χ3n) is 4.15. The molecule has 4 heteroatoms. The average Bonchev–Trinajstić information content (AvgIpc) is 2.66. The Morgan fingerprint density at radius 1 is 1.15 bits per heavy atom. The summed E-state index contributed by atoms with van der Waals surface area (Å²) in [7, 11) is 1.83. The van der Waals surface area contributed by atoms with Crippen LogP contribution in [0.3, 0.4) is 0 Å². The number of benzene rings is 1. The molecule has 1 fully saturated rings. The van der Waals surface area contributed by atoms with Crippen molar-refractivity contribution < 1.29 is 9.18 Å². The van der Waals surface area contributed by atoms with Crippen molar-refractivity contribution in [1.82, 2.24) is 9.47 Å². The van der Waals surface area contributed by atoms with Gasteiger partial charge in [0.1, 0.15) is 11.5 Å². The van der Waals surface area contributed by atoms with Crippen LogP contribution in [0.5, 0.6) is 0 Å². The van der Waals surface area contributed by atoms with Crippen LogP contribution in [-0.2, 0) is 7.05 Å². The molecule has 1 aliphatic rings. The summed E-state index contributed by atoms with van der Waals surface area (Å²) in [6, 6.07) is 6.63. The van der Waals surface area contributed by atoms with Crippen LogP contribution in [0.15, 0.2) is 24.3 Å². The largest absolute Gasteiger partial charge is 0.340 e. The van der Waals surface area contributed by atoms with Crippen LogP contribution in [0.25, 0.3) is 10.9 Å². The predicted molar refractivity (Wildman–Crippen MR) is 77.2 cm³/mol. The Balaban J connectivity index is 1.99. The maximum Gasteiger partial charge on any atom is 0.270 e. The number of fused-ring (bicyclic) bond motifs is 1. The highest BCUT2D eigenvalue weighted by Crippen LogP contribution is 2.23. The van der Waals surface area contributed by atoms with Gasteiger partial charge in [0.25, 0.3) is 5.91 Å². The minimum atomic E-state index is -0.270. The number of rotatable bonds is 1. The SMILES string of the molecule is Cn1c(C(=O)N2CCCCCC2)cc2c(F)cccc21. The molecule has 2 aromatic rings. The van der Waals surface area contributed by atoms with Crippen molar-refractivity contribution in [2.24, 2.45) is 7.05 Å². The Morgan fingerprint density at radius 3 is 2.50 bits per heavy atom. The molecule has 0 unspecified atom stereocenters. The van der Waals surface area contributed by atoms with E-state index in [0.29, 0.717) is 11.1 Å². The van der Waals surface area contributed by atoms with Crippen LogP contribution in [-0.4, -0.2) is 28.5 Å². The number of amides is 1. The third kappa shape index (κ3) is 2.19. The van der Waals surface area contributed by atoms with Gasteiger partial charge in [0.15, 0.2) is 0 Å². The van der Waals surface area contributed by atoms with Crippen LogP contribution in [0.2, 0.25) is 0 Å². The molecule has 0 N–H and O–H groups in total. The minimum absolute atomic E-state index is 0.0185. The molecule has 1 aromatic heterocycles. The first-order valence-corrected chi connectivity index (χ1v) is 7.21. The maximum atomic E-state index is 13.8. The number of nitrogens with zero attached hydrogens (tertiary/aromatic N) is 2. The summed E-state index contributed by atoms with van der Waals surface area (Å²) in [5.41, 5.74) is 1.34. The number of hydrogen-bond acceptors (Lipinski definition) is 1. The van der Waals surface area contributed by atoms with Crippen molar-refractivity contribution >= 4 is 16.8 Å². The van der Waals surface area contributed by atoms with E-state index < -0.39 is 0 Å². The van der Waals surface area contributed by atoms with Crippen molar-refractivity contribution in [3.8, 4) is 0 Å². The highest BCUT2D eigenvalue weighted by Gasteiger charge is 2.21. The quantitative estimate of drug-likeness (QED) is 0.783. The maximum absolute atomic E-state index is 13.8. The standard InChI is InChI=1S/C16H19FN2O/c1-18-14-8-6-7-13(17)12(14)11-15(18)16(20)19-9-4-2-3-5-10-19/h6-8,11H,2-5,9-10H2,1H3. The fourth-order valence-corrected chi connectivity index (χ4v) is 2.97. The van der Waals surface area contributed by atoms with Gasteiger partial charge in [-0.05, 0) is 31.0 Å². The molecule has 0 bridgehead atoms. The molecule has 0 radical (unpaired) electrons. The van der Waals surface area contributed by atoms with Gasteiger partial charge in [0.2, 0.25) is 0 Å². The summed E-state index contributed by atoms with van der Waals surface area (Å²) >= 11 is 0. The molecule has 20 heavy (non-hydrogen) atoms. The number of hydrogen-bond donors (Lipinski definition) is 0. The van der Waals surface area contributed by atoms with Crippen molar-refractivity contribution in [2.75, 3.05) is 13.1 Å². The topological polar surface area (TPSA) is 25.2 Å². The van der Waals surface area contributed by atoms with E-state index in [9.17, 15) is 9.18 Å². The van der Waals surface area contributed by atoms with Gasteiger partial charge in [-0.3, -0.25) is 4.79 Å². The Morgan fingerprint density at radius 2 is 1.85 bits per heavy atom. The molecule has 1 amide bonds. The zero-order valence-corrected chi connectivity index (χ0v) is 11.7. The number of aryl methyl sites for hydroxylation is 1. The first-order valence-electron chi connectivity index (χ1n) is 7.21. The Bertz CT molecular complexity index is 639. The van der Waals surface area contributed by atoms with Crippen LogP contribution in [0.1, 0.15) is 36.2 Å². The van der Waals surface area contributed by atoms with Gasteiger partial charge in [-0.25, -0.2) is 4.39 Å². The van der Waals surface area contributed by atoms with E-state index >= 15 is 0 Å². The molecule has 0 aliphatic carbocycles. The monoisotopic (exact) mass is 274 g/mol. The van der Waals surface area contributed by atoms with E-state index in [1.165, 1.54) is 18.9 Å². The summed E-state index contributed by atoms with van der Waals surface area (Å²) < 4.78 is 15.6. The van der Waals surface area contributed by atoms with Crippen LogP contribution >= 0.6 is 0 Å². The summed E-state index contributed by atoms with van der Waals surface area (Å²) in [6.45, 7) is 1.62. The molecule has 2 heterocycles. The number of likely N-dealkylation sites (tertiary alicyclic amines) is 1. The Labute approximate surface area is 118 Å². The van der Waals surface area contributed by atoms with E-state index in [1.54, 1.807) is 16.7 Å². The molecule has 3 rings (SSSR count). The normalized spacial score (nSPS) is 16.4. The van der Waals surface area contributed by atoms with Crippen molar-refractivity contribution in [2.45, 2.75) is 25.7 Å². The van der Waals surface area contributed by atoms with Crippen LogP contribution in [0.4, 0.5) is 4.39 Å². The molecule has 0 saturated carbocycles. The van der Waals surface area contributed by atoms with Gasteiger partial charge in [-0.15, -0.1) is 0 Å². The molecule has 1 aliphatic heterocycles. The van der Waals surface area contributed by atoms with Crippen LogP contribution in [0, 0.1) is 5.82 Å². The zero-order chi connectivity index (χ0) is 14.1. The van der Waals surface area contributed by atoms with Gasteiger partial charge in [0, 0.05) is 25.5 Å². The average molecular weight is 274 g/mol. The third-order valence-corrected chi connectivity index (χ3v) is 4.15. The predicted octanol–water partition coefficient (Wildman–Crippen LogP) is 3.33. The second-order valence-corrected chi connectivity index (χ2v) is 5.47. The lowest BCUT2D eigenvalue weighted by Crippen LogP contribution is -2.33. The smallest absolute Gasteiger partial charge is 0.270 e. The number of halogens is 1. The van der Waals surface area contributed by atoms with Gasteiger partial charge in [-0.2, -0.15) is 0 Å². The first kappa shape index (κ1) is 13.2. The van der Waals surface area contributed by atoms with E-state index in [4.69, 9.17) is 0 Å². The molecular weight excluding hydrogens is 255 g/mol. The minimum Gasteiger partial charge on any atom is -0.340 e. The summed E-state index contributed by atoms with van der Waals surface area (Å²) in [6.07, 6.45) is 4.50. The molecule has 0 atom stereocenters. The van der Waals surface area contributed by atoms with Crippen molar-refractivity contribution in [1.29, 1.82) is 0 Å². The van der Waals surface area contributed by atoms with E-state index in [2.05, 4.69) is 0 Å². The highest BCUT2D eigenvalue weighted by atomic mass is 19.1. The van der Waals surface area contributed by atoms with Gasteiger partial charge in [0.05, 0.1) is 5.52 Å². The molecule has 106 valence electrons. The number of aromatic nitrogens is 1. The van der Waals surface area contributed by atoms with E-state index in [-0.39, 0.29) is 11.7 Å². The number of carbonyl (C=O) groups excluding carboxylic acids is 1. The molecule has 0 spiro atoms. The number of carbonyl (C=O) groups is 1. The lowest BCUT2D eigenvalue weighted by Gasteiger charge is -2.20. The fourth-order valence-electron chi connectivity index (χ4n) is 2.97. The van der Waals surface area contributed by atoms with Gasteiger partial charge < -0.3 is 9.47 Å². The summed E-state index contributed by atoms with van der Waals surface area (Å²) in [4.78, 5) is 14.5. The highest BCUT2D eigenvalue weighted by molar-refractivity contribution is 5.98. The molecular formula is C16H19FN2O. The van der Waals surface area contributed by atoms with E-state index in [1.807, 2.05) is 18.0 Å².